The molecule has 0 radical (unpaired) electrons. The van der Waals surface area contributed by atoms with E-state index >= 15 is 0 Å². The molecule has 4 rings (SSSR count). The van der Waals surface area contributed by atoms with Gasteiger partial charge in [0.05, 0.1) is 15.9 Å². The average molecular weight is 608 g/mol. The van der Waals surface area contributed by atoms with E-state index in [4.69, 9.17) is 14.6 Å². The second-order valence-corrected chi connectivity index (χ2v) is 9.91. The molecule has 208 valence electrons. The van der Waals surface area contributed by atoms with Crippen molar-refractivity contribution in [2.24, 2.45) is 0 Å². The van der Waals surface area contributed by atoms with Crippen molar-refractivity contribution in [3.8, 4) is 17.2 Å². The third-order valence-electron chi connectivity index (χ3n) is 5.76. The van der Waals surface area contributed by atoms with Gasteiger partial charge in [0.2, 0.25) is 0 Å². The number of ether oxygens (including phenoxy) is 2. The normalized spacial score (nSPS) is 10.7. The number of nitrogens with zero attached hydrogens (tertiary/aromatic N) is 3. The Bertz CT molecular complexity index is 1470. The van der Waals surface area contributed by atoms with Crippen LogP contribution in [0.5, 0.6) is 11.5 Å². The number of benzene rings is 2. The van der Waals surface area contributed by atoms with Gasteiger partial charge in [0.15, 0.2) is 0 Å². The molecule has 10 nitrogen and oxygen atoms in total. The molecule has 3 N–H and O–H groups in total. The second-order valence-electron chi connectivity index (χ2n) is 9.06. The highest BCUT2D eigenvalue weighted by molar-refractivity contribution is 9.10. The van der Waals surface area contributed by atoms with Gasteiger partial charge in [-0.1, -0.05) is 31.0 Å². The number of urea groups is 1. The van der Waals surface area contributed by atoms with Crippen LogP contribution in [0.3, 0.4) is 0 Å². The van der Waals surface area contributed by atoms with E-state index in [1.54, 1.807) is 35.0 Å². The maximum atomic E-state index is 12.9. The first kappa shape index (κ1) is 28.8. The zero-order valence-corrected chi connectivity index (χ0v) is 24.1. The topological polar surface area (TPSA) is 119 Å². The van der Waals surface area contributed by atoms with Crippen molar-refractivity contribution < 1.29 is 19.1 Å². The van der Waals surface area contributed by atoms with Crippen LogP contribution in [0.25, 0.3) is 5.69 Å². The lowest BCUT2D eigenvalue weighted by atomic mass is 10.2. The van der Waals surface area contributed by atoms with Crippen molar-refractivity contribution >= 4 is 45.2 Å². The van der Waals surface area contributed by atoms with E-state index in [1.165, 1.54) is 13.3 Å². The fraction of sp³-hybridized carbons (Fsp3) is 0.241. The number of pyridine rings is 1. The molecule has 0 aliphatic carbocycles. The van der Waals surface area contributed by atoms with Gasteiger partial charge in [-0.3, -0.25) is 10.1 Å². The van der Waals surface area contributed by atoms with Gasteiger partial charge in [0, 0.05) is 31.1 Å². The predicted molar refractivity (Wildman–Crippen MR) is 159 cm³/mol. The van der Waals surface area contributed by atoms with Crippen molar-refractivity contribution in [2.75, 3.05) is 29.7 Å². The highest BCUT2D eigenvalue weighted by Gasteiger charge is 2.14. The number of methoxy groups -OCH3 is 1. The lowest BCUT2D eigenvalue weighted by molar-refractivity contribution is -0.119. The van der Waals surface area contributed by atoms with Crippen LogP contribution in [0, 0.1) is 6.92 Å². The first-order valence-electron chi connectivity index (χ1n) is 12.8. The van der Waals surface area contributed by atoms with Gasteiger partial charge < -0.3 is 20.1 Å². The SMILES string of the molecule is CCCCc1cc(NC(=O)Nc2ccc(Oc3ccnc(NC(=O)COC)c3)c(Br)c2)n(-c2ccc(C)cc2)n1. The van der Waals surface area contributed by atoms with Crippen LogP contribution in [0.2, 0.25) is 0 Å². The molecule has 40 heavy (non-hydrogen) atoms. The van der Waals surface area contributed by atoms with Gasteiger partial charge in [0.1, 0.15) is 29.7 Å². The molecule has 2 aromatic heterocycles. The summed E-state index contributed by atoms with van der Waals surface area (Å²) in [5, 5.41) is 13.1. The summed E-state index contributed by atoms with van der Waals surface area (Å²) in [6.45, 7) is 4.09. The fourth-order valence-corrected chi connectivity index (χ4v) is 4.26. The standard InChI is InChI=1S/C29H31BrN6O4/c1-4-5-6-21-16-27(36(35-21)22-10-7-19(2)8-11-22)34-29(38)32-20-9-12-25(24(30)15-20)40-23-13-14-31-26(17-23)33-28(37)18-39-3/h7-17H,4-6,18H2,1-3H3,(H,31,33,37)(H2,32,34,38). The Balaban J connectivity index is 1.43. The summed E-state index contributed by atoms with van der Waals surface area (Å²) >= 11 is 3.50. The Hall–Kier alpha value is -4.22. The number of carbonyl (C=O) groups is 2. The van der Waals surface area contributed by atoms with E-state index in [1.807, 2.05) is 37.3 Å². The summed E-state index contributed by atoms with van der Waals surface area (Å²) in [4.78, 5) is 28.8. The van der Waals surface area contributed by atoms with E-state index in [0.717, 1.165) is 36.2 Å². The third kappa shape index (κ3) is 7.90. The van der Waals surface area contributed by atoms with Crippen molar-refractivity contribution in [2.45, 2.75) is 33.1 Å². The molecule has 4 aromatic rings. The molecule has 0 unspecified atom stereocenters. The minimum atomic E-state index is -0.401. The average Bonchev–Trinajstić information content (AvgIpc) is 3.32. The monoisotopic (exact) mass is 606 g/mol. The molecule has 0 aliphatic heterocycles. The quantitative estimate of drug-likeness (QED) is 0.175. The van der Waals surface area contributed by atoms with Crippen molar-refractivity contribution in [3.63, 3.8) is 0 Å². The predicted octanol–water partition coefficient (Wildman–Crippen LogP) is 6.70. The molecule has 0 bridgehead atoms. The number of rotatable bonds is 11. The van der Waals surface area contributed by atoms with E-state index in [2.05, 4.69) is 43.8 Å². The summed E-state index contributed by atoms with van der Waals surface area (Å²) < 4.78 is 13.1. The number of amides is 3. The van der Waals surface area contributed by atoms with E-state index in [0.29, 0.717) is 33.3 Å². The van der Waals surface area contributed by atoms with Gasteiger partial charge in [-0.2, -0.15) is 5.10 Å². The maximum Gasteiger partial charge on any atom is 0.324 e. The molecule has 3 amide bonds. The maximum absolute atomic E-state index is 12.9. The first-order valence-corrected chi connectivity index (χ1v) is 13.6. The number of aromatic nitrogens is 3. The van der Waals surface area contributed by atoms with Gasteiger partial charge in [-0.15, -0.1) is 0 Å². The number of aryl methyl sites for hydroxylation is 2. The number of hydrogen-bond acceptors (Lipinski definition) is 6. The minimum absolute atomic E-state index is 0.0747. The Morgan fingerprint density at radius 2 is 1.80 bits per heavy atom. The Morgan fingerprint density at radius 1 is 1.00 bits per heavy atom. The zero-order chi connectivity index (χ0) is 28.5. The molecule has 2 aromatic carbocycles. The summed E-state index contributed by atoms with van der Waals surface area (Å²) in [6, 6.07) is 17.9. The molecule has 0 spiro atoms. The number of anilines is 3. The van der Waals surface area contributed by atoms with Crippen LogP contribution in [0.4, 0.5) is 22.1 Å². The van der Waals surface area contributed by atoms with Gasteiger partial charge in [-0.05, 0) is 72.1 Å². The molecule has 0 saturated heterocycles. The molecule has 0 aliphatic rings. The first-order chi connectivity index (χ1) is 19.3. The lowest BCUT2D eigenvalue weighted by Gasteiger charge is -2.12. The number of carbonyl (C=O) groups excluding carboxylic acids is 2. The number of nitrogens with one attached hydrogen (secondary N) is 3. The molecular formula is C29H31BrN6O4. The molecule has 2 heterocycles. The van der Waals surface area contributed by atoms with Crippen LogP contribution in [0.1, 0.15) is 31.0 Å². The second kappa shape index (κ2) is 13.7. The van der Waals surface area contributed by atoms with Crippen LogP contribution >= 0.6 is 15.9 Å². The smallest absolute Gasteiger partial charge is 0.324 e. The van der Waals surface area contributed by atoms with Crippen molar-refractivity contribution in [1.29, 1.82) is 0 Å². The lowest BCUT2D eigenvalue weighted by Crippen LogP contribution is -2.21. The Labute approximate surface area is 241 Å². The van der Waals surface area contributed by atoms with Crippen LogP contribution < -0.4 is 20.7 Å². The van der Waals surface area contributed by atoms with Crippen molar-refractivity contribution in [1.82, 2.24) is 14.8 Å². The molecular weight excluding hydrogens is 576 g/mol. The van der Waals surface area contributed by atoms with Gasteiger partial charge >= 0.3 is 6.03 Å². The number of halogens is 1. The molecule has 11 heteroatoms. The highest BCUT2D eigenvalue weighted by Crippen LogP contribution is 2.32. The highest BCUT2D eigenvalue weighted by atomic mass is 79.9. The Morgan fingerprint density at radius 3 is 2.52 bits per heavy atom. The molecule has 0 saturated carbocycles. The van der Waals surface area contributed by atoms with Crippen LogP contribution in [-0.4, -0.2) is 40.4 Å². The molecule has 0 fully saturated rings. The van der Waals surface area contributed by atoms with Crippen LogP contribution in [-0.2, 0) is 16.0 Å². The number of hydrogen-bond donors (Lipinski definition) is 3. The van der Waals surface area contributed by atoms with E-state index in [-0.39, 0.29) is 12.5 Å². The Kier molecular flexibility index (Phi) is 9.87. The zero-order valence-electron chi connectivity index (χ0n) is 22.5. The van der Waals surface area contributed by atoms with Crippen LogP contribution in [0.15, 0.2) is 71.3 Å². The third-order valence-corrected chi connectivity index (χ3v) is 6.38. The van der Waals surface area contributed by atoms with Gasteiger partial charge in [0.25, 0.3) is 5.91 Å². The summed E-state index contributed by atoms with van der Waals surface area (Å²) in [7, 11) is 1.44. The fourth-order valence-electron chi connectivity index (χ4n) is 3.80. The molecule has 0 atom stereocenters. The van der Waals surface area contributed by atoms with E-state index < -0.39 is 6.03 Å². The number of unbranched alkanes of at least 4 members (excludes halogenated alkanes) is 1. The summed E-state index contributed by atoms with van der Waals surface area (Å²) in [5.41, 5.74) is 3.49. The summed E-state index contributed by atoms with van der Waals surface area (Å²) in [6.07, 6.45) is 4.43. The van der Waals surface area contributed by atoms with E-state index in [9.17, 15) is 9.59 Å². The largest absolute Gasteiger partial charge is 0.456 e. The minimum Gasteiger partial charge on any atom is -0.456 e. The summed E-state index contributed by atoms with van der Waals surface area (Å²) in [5.74, 6) is 1.60. The van der Waals surface area contributed by atoms with Gasteiger partial charge in [-0.25, -0.2) is 14.5 Å². The van der Waals surface area contributed by atoms with Crippen molar-refractivity contribution in [3.05, 3.63) is 82.6 Å².